The third-order valence-corrected chi connectivity index (χ3v) is 3.96. The van der Waals surface area contributed by atoms with Gasteiger partial charge in [0.1, 0.15) is 0 Å². The summed E-state index contributed by atoms with van der Waals surface area (Å²) < 4.78 is 37.9. The molecule has 0 amide bonds. The zero-order chi connectivity index (χ0) is 15.6. The number of halogens is 3. The van der Waals surface area contributed by atoms with Gasteiger partial charge in [-0.3, -0.25) is 15.0 Å². The molecule has 1 unspecified atom stereocenters. The van der Waals surface area contributed by atoms with Gasteiger partial charge in [-0.05, 0) is 37.1 Å². The van der Waals surface area contributed by atoms with Crippen molar-refractivity contribution in [1.82, 2.24) is 20.1 Å². The standard InChI is InChI=1S/C15H17F3N4/c16-15(17,18)14-7-13(20-21-14)12-4-2-6-22(10-12)9-11-3-1-5-19-8-11/h1,3,5,7-8,12H,2,4,6,9-10H2,(H,20,21). The largest absolute Gasteiger partial charge is 0.435 e. The maximum atomic E-state index is 12.6. The van der Waals surface area contributed by atoms with Gasteiger partial charge in [0.2, 0.25) is 0 Å². The first kappa shape index (κ1) is 15.0. The molecule has 1 aliphatic heterocycles. The van der Waals surface area contributed by atoms with E-state index in [-0.39, 0.29) is 5.92 Å². The first-order valence-corrected chi connectivity index (χ1v) is 7.26. The smallest absolute Gasteiger partial charge is 0.298 e. The van der Waals surface area contributed by atoms with Crippen molar-refractivity contribution >= 4 is 0 Å². The van der Waals surface area contributed by atoms with Gasteiger partial charge in [0, 0.05) is 37.1 Å². The van der Waals surface area contributed by atoms with Crippen LogP contribution >= 0.6 is 0 Å². The Morgan fingerprint density at radius 3 is 2.91 bits per heavy atom. The van der Waals surface area contributed by atoms with E-state index in [9.17, 15) is 13.2 Å². The second kappa shape index (κ2) is 6.08. The number of nitrogens with zero attached hydrogens (tertiary/aromatic N) is 3. The molecule has 0 saturated carbocycles. The molecule has 3 heterocycles. The molecule has 1 atom stereocenters. The molecular formula is C15H17F3N4. The Bertz CT molecular complexity index is 609. The number of rotatable bonds is 3. The molecular weight excluding hydrogens is 293 g/mol. The predicted octanol–water partition coefficient (Wildman–Crippen LogP) is 3.20. The summed E-state index contributed by atoms with van der Waals surface area (Å²) in [7, 11) is 0. The van der Waals surface area contributed by atoms with Crippen LogP contribution in [0.1, 0.15) is 35.7 Å². The molecule has 1 aliphatic rings. The number of aromatic amines is 1. The van der Waals surface area contributed by atoms with Crippen LogP contribution in [0, 0.1) is 0 Å². The highest BCUT2D eigenvalue weighted by Gasteiger charge is 2.35. The van der Waals surface area contributed by atoms with Gasteiger partial charge in [-0.1, -0.05) is 6.07 Å². The number of piperidine rings is 1. The van der Waals surface area contributed by atoms with Gasteiger partial charge < -0.3 is 0 Å². The first-order chi connectivity index (χ1) is 10.5. The third kappa shape index (κ3) is 3.47. The van der Waals surface area contributed by atoms with Crippen LogP contribution in [0.5, 0.6) is 0 Å². The zero-order valence-corrected chi connectivity index (χ0v) is 12.0. The molecule has 0 bridgehead atoms. The fourth-order valence-corrected chi connectivity index (χ4v) is 2.89. The molecule has 2 aromatic rings. The Kier molecular flexibility index (Phi) is 4.15. The van der Waals surface area contributed by atoms with Gasteiger partial charge in [0.15, 0.2) is 5.69 Å². The second-order valence-electron chi connectivity index (χ2n) is 5.64. The fourth-order valence-electron chi connectivity index (χ4n) is 2.89. The SMILES string of the molecule is FC(F)(F)c1cc(C2CCCN(Cc3cccnc3)C2)[nH]n1. The Balaban J connectivity index is 1.67. The predicted molar refractivity (Wildman–Crippen MR) is 75.1 cm³/mol. The maximum absolute atomic E-state index is 12.6. The molecule has 0 spiro atoms. The van der Waals surface area contributed by atoms with Crippen LogP contribution in [0.3, 0.4) is 0 Å². The lowest BCUT2D eigenvalue weighted by atomic mass is 9.94. The summed E-state index contributed by atoms with van der Waals surface area (Å²) in [5.41, 5.74) is 0.846. The molecule has 1 fully saturated rings. The van der Waals surface area contributed by atoms with E-state index in [0.29, 0.717) is 5.69 Å². The summed E-state index contributed by atoms with van der Waals surface area (Å²) >= 11 is 0. The maximum Gasteiger partial charge on any atom is 0.435 e. The van der Waals surface area contributed by atoms with Crippen LogP contribution in [0.25, 0.3) is 0 Å². The van der Waals surface area contributed by atoms with E-state index in [0.717, 1.165) is 44.1 Å². The number of nitrogens with one attached hydrogen (secondary N) is 1. The lowest BCUT2D eigenvalue weighted by Gasteiger charge is -2.32. The normalized spacial score (nSPS) is 20.2. The van der Waals surface area contributed by atoms with Gasteiger partial charge in [-0.15, -0.1) is 0 Å². The number of pyridine rings is 1. The van der Waals surface area contributed by atoms with E-state index in [1.807, 2.05) is 18.3 Å². The lowest BCUT2D eigenvalue weighted by Crippen LogP contribution is -2.34. The monoisotopic (exact) mass is 310 g/mol. The van der Waals surface area contributed by atoms with E-state index in [1.165, 1.54) is 0 Å². The minimum absolute atomic E-state index is 0.0639. The molecule has 0 aromatic carbocycles. The van der Waals surface area contributed by atoms with E-state index in [1.54, 1.807) is 6.20 Å². The number of likely N-dealkylation sites (tertiary alicyclic amines) is 1. The zero-order valence-electron chi connectivity index (χ0n) is 12.0. The van der Waals surface area contributed by atoms with Gasteiger partial charge in [0.05, 0.1) is 0 Å². The van der Waals surface area contributed by atoms with Gasteiger partial charge in [-0.2, -0.15) is 18.3 Å². The Morgan fingerprint density at radius 1 is 1.36 bits per heavy atom. The van der Waals surface area contributed by atoms with Crippen LogP contribution in [0.2, 0.25) is 0 Å². The van der Waals surface area contributed by atoms with Crippen molar-refractivity contribution in [1.29, 1.82) is 0 Å². The molecule has 7 heteroatoms. The summed E-state index contributed by atoms with van der Waals surface area (Å²) in [4.78, 5) is 6.34. The number of alkyl halides is 3. The van der Waals surface area contributed by atoms with Crippen LogP contribution in [-0.2, 0) is 12.7 Å². The average molecular weight is 310 g/mol. The van der Waals surface area contributed by atoms with Crippen molar-refractivity contribution in [2.24, 2.45) is 0 Å². The van der Waals surface area contributed by atoms with Gasteiger partial charge >= 0.3 is 6.18 Å². The van der Waals surface area contributed by atoms with Crippen molar-refractivity contribution in [3.8, 4) is 0 Å². The lowest BCUT2D eigenvalue weighted by molar-refractivity contribution is -0.141. The minimum atomic E-state index is -4.39. The molecule has 4 nitrogen and oxygen atoms in total. The third-order valence-electron chi connectivity index (χ3n) is 3.96. The van der Waals surface area contributed by atoms with Crippen LogP contribution in [0.4, 0.5) is 13.2 Å². The summed E-state index contributed by atoms with van der Waals surface area (Å²) in [5, 5.41) is 5.95. The fraction of sp³-hybridized carbons (Fsp3) is 0.467. The van der Waals surface area contributed by atoms with Crippen molar-refractivity contribution in [3.05, 3.63) is 47.5 Å². The molecule has 0 radical (unpaired) electrons. The Morgan fingerprint density at radius 2 is 2.23 bits per heavy atom. The van der Waals surface area contributed by atoms with E-state index < -0.39 is 11.9 Å². The second-order valence-corrected chi connectivity index (χ2v) is 5.64. The molecule has 2 aromatic heterocycles. The summed E-state index contributed by atoms with van der Waals surface area (Å²) in [6.07, 6.45) is 1.00. The van der Waals surface area contributed by atoms with Gasteiger partial charge in [-0.25, -0.2) is 0 Å². The summed E-state index contributed by atoms with van der Waals surface area (Å²) in [6.45, 7) is 2.45. The van der Waals surface area contributed by atoms with E-state index in [4.69, 9.17) is 0 Å². The van der Waals surface area contributed by atoms with E-state index >= 15 is 0 Å². The quantitative estimate of drug-likeness (QED) is 0.947. The highest BCUT2D eigenvalue weighted by atomic mass is 19.4. The molecule has 0 aliphatic carbocycles. The highest BCUT2D eigenvalue weighted by molar-refractivity contribution is 5.17. The number of aromatic nitrogens is 3. The summed E-state index contributed by atoms with van der Waals surface area (Å²) in [6, 6.07) is 5.04. The highest BCUT2D eigenvalue weighted by Crippen LogP contribution is 2.32. The van der Waals surface area contributed by atoms with E-state index in [2.05, 4.69) is 20.1 Å². The molecule has 22 heavy (non-hydrogen) atoms. The Labute approximate surface area is 126 Å². The molecule has 1 N–H and O–H groups in total. The average Bonchev–Trinajstić information content (AvgIpc) is 2.99. The van der Waals surface area contributed by atoms with Crippen molar-refractivity contribution in [3.63, 3.8) is 0 Å². The Hall–Kier alpha value is -1.89. The molecule has 3 rings (SSSR count). The number of H-pyrrole nitrogens is 1. The van der Waals surface area contributed by atoms with Gasteiger partial charge in [0.25, 0.3) is 0 Å². The molecule has 118 valence electrons. The topological polar surface area (TPSA) is 44.8 Å². The van der Waals surface area contributed by atoms with Crippen LogP contribution in [-0.4, -0.2) is 33.2 Å². The van der Waals surface area contributed by atoms with Crippen molar-refractivity contribution < 1.29 is 13.2 Å². The number of hydrogen-bond donors (Lipinski definition) is 1. The summed E-state index contributed by atoms with van der Waals surface area (Å²) in [5.74, 6) is 0.0639. The van der Waals surface area contributed by atoms with Crippen molar-refractivity contribution in [2.45, 2.75) is 31.5 Å². The molecule has 1 saturated heterocycles. The van der Waals surface area contributed by atoms with Crippen LogP contribution in [0.15, 0.2) is 30.6 Å². The minimum Gasteiger partial charge on any atom is -0.298 e. The van der Waals surface area contributed by atoms with Crippen LogP contribution < -0.4 is 0 Å². The number of hydrogen-bond acceptors (Lipinski definition) is 3. The first-order valence-electron chi connectivity index (χ1n) is 7.26. The van der Waals surface area contributed by atoms with Crippen molar-refractivity contribution in [2.75, 3.05) is 13.1 Å².